The molecule has 1 N–H and O–H groups in total. The van der Waals surface area contributed by atoms with Gasteiger partial charge in [-0.3, -0.25) is 4.79 Å². The molecule has 0 rings (SSSR count). The van der Waals surface area contributed by atoms with Crippen LogP contribution in [0, 0.1) is 0 Å². The highest BCUT2D eigenvalue weighted by molar-refractivity contribution is 6.31. The van der Waals surface area contributed by atoms with E-state index in [1.54, 1.807) is 6.08 Å². The average Bonchev–Trinajstić information content (AvgIpc) is 2.03. The fourth-order valence-electron chi connectivity index (χ4n) is 0.738. The molecule has 0 radical (unpaired) electrons. The summed E-state index contributed by atoms with van der Waals surface area (Å²) in [5, 5.41) is 8.30. The van der Waals surface area contributed by atoms with Crippen molar-refractivity contribution >= 4 is 11.9 Å². The molecule has 0 heterocycles. The van der Waals surface area contributed by atoms with E-state index in [0.29, 0.717) is 6.54 Å². The number of unbranched alkanes of at least 4 members (excludes halogenated alkanes) is 1. The normalized spacial score (nSPS) is 9.08. The number of nitrogens with zero attached hydrogens (tertiary/aromatic N) is 1. The number of carbonyl (C=O) groups is 2. The lowest BCUT2D eigenvalue weighted by atomic mass is 10.3. The van der Waals surface area contributed by atoms with Gasteiger partial charge in [-0.25, -0.2) is 4.79 Å². The van der Waals surface area contributed by atoms with Gasteiger partial charge in [0.15, 0.2) is 0 Å². The SMILES string of the molecule is C=CCCCN(C)C(=O)C(=O)O. The van der Waals surface area contributed by atoms with Crippen molar-refractivity contribution in [3.63, 3.8) is 0 Å². The molecule has 0 saturated carbocycles. The number of hydrogen-bond acceptors (Lipinski definition) is 2. The Morgan fingerprint density at radius 1 is 1.58 bits per heavy atom. The van der Waals surface area contributed by atoms with E-state index in [-0.39, 0.29) is 0 Å². The smallest absolute Gasteiger partial charge is 0.394 e. The maximum absolute atomic E-state index is 10.7. The molecule has 0 bridgehead atoms. The standard InChI is InChI=1S/C8H13NO3/c1-3-4-5-6-9(2)7(10)8(11)12/h3H,1,4-6H2,2H3,(H,11,12). The third kappa shape index (κ3) is 3.75. The third-order valence-corrected chi connectivity index (χ3v) is 1.43. The van der Waals surface area contributed by atoms with Gasteiger partial charge in [0.1, 0.15) is 0 Å². The number of amides is 1. The zero-order valence-electron chi connectivity index (χ0n) is 7.12. The first-order chi connectivity index (χ1) is 5.59. The quantitative estimate of drug-likeness (QED) is 0.380. The Morgan fingerprint density at radius 3 is 2.58 bits per heavy atom. The van der Waals surface area contributed by atoms with Crippen molar-refractivity contribution in [3.8, 4) is 0 Å². The molecule has 0 aliphatic heterocycles. The Hall–Kier alpha value is -1.32. The maximum Gasteiger partial charge on any atom is 0.394 e. The molecular weight excluding hydrogens is 158 g/mol. The number of carbonyl (C=O) groups excluding carboxylic acids is 1. The van der Waals surface area contributed by atoms with E-state index in [4.69, 9.17) is 5.11 Å². The number of carboxylic acids is 1. The second-order valence-electron chi connectivity index (χ2n) is 2.46. The first-order valence-electron chi connectivity index (χ1n) is 3.69. The van der Waals surface area contributed by atoms with Gasteiger partial charge < -0.3 is 10.0 Å². The Kier molecular flexibility index (Phi) is 4.76. The van der Waals surface area contributed by atoms with Crippen LogP contribution in [0.2, 0.25) is 0 Å². The van der Waals surface area contributed by atoms with E-state index in [2.05, 4.69) is 6.58 Å². The summed E-state index contributed by atoms with van der Waals surface area (Å²) in [4.78, 5) is 22.1. The first kappa shape index (κ1) is 10.7. The molecular formula is C8H13NO3. The van der Waals surface area contributed by atoms with E-state index in [9.17, 15) is 9.59 Å². The predicted molar refractivity (Wildman–Crippen MR) is 44.7 cm³/mol. The molecule has 0 spiro atoms. The van der Waals surface area contributed by atoms with Crippen molar-refractivity contribution in [1.29, 1.82) is 0 Å². The minimum Gasteiger partial charge on any atom is -0.474 e. The van der Waals surface area contributed by atoms with Crippen LogP contribution >= 0.6 is 0 Å². The van der Waals surface area contributed by atoms with Crippen LogP contribution in [0.3, 0.4) is 0 Å². The molecule has 0 aromatic rings. The van der Waals surface area contributed by atoms with Gasteiger partial charge >= 0.3 is 11.9 Å². The van der Waals surface area contributed by atoms with E-state index in [1.165, 1.54) is 11.9 Å². The lowest BCUT2D eigenvalue weighted by Crippen LogP contribution is -2.33. The topological polar surface area (TPSA) is 57.6 Å². The average molecular weight is 171 g/mol. The summed E-state index contributed by atoms with van der Waals surface area (Å²) < 4.78 is 0. The summed E-state index contributed by atoms with van der Waals surface area (Å²) >= 11 is 0. The molecule has 0 aromatic heterocycles. The number of hydrogen-bond donors (Lipinski definition) is 1. The highest BCUT2D eigenvalue weighted by Crippen LogP contribution is 1.93. The Morgan fingerprint density at radius 2 is 2.17 bits per heavy atom. The summed E-state index contributed by atoms with van der Waals surface area (Å²) in [6.45, 7) is 3.97. The van der Waals surface area contributed by atoms with Crippen LogP contribution in [-0.2, 0) is 9.59 Å². The molecule has 12 heavy (non-hydrogen) atoms. The van der Waals surface area contributed by atoms with Gasteiger partial charge in [-0.1, -0.05) is 6.08 Å². The molecule has 0 fully saturated rings. The van der Waals surface area contributed by atoms with Crippen LogP contribution < -0.4 is 0 Å². The lowest BCUT2D eigenvalue weighted by Gasteiger charge is -2.12. The fraction of sp³-hybridized carbons (Fsp3) is 0.500. The van der Waals surface area contributed by atoms with E-state index < -0.39 is 11.9 Å². The van der Waals surface area contributed by atoms with Crippen LogP contribution in [0.25, 0.3) is 0 Å². The van der Waals surface area contributed by atoms with Gasteiger partial charge in [-0.15, -0.1) is 6.58 Å². The van der Waals surface area contributed by atoms with Crippen molar-refractivity contribution in [2.45, 2.75) is 12.8 Å². The van der Waals surface area contributed by atoms with Gasteiger partial charge in [-0.2, -0.15) is 0 Å². The van der Waals surface area contributed by atoms with Crippen molar-refractivity contribution in [2.75, 3.05) is 13.6 Å². The van der Waals surface area contributed by atoms with Gasteiger partial charge in [0.25, 0.3) is 0 Å². The number of aliphatic carboxylic acids is 1. The Bertz CT molecular complexity index is 189. The van der Waals surface area contributed by atoms with E-state index in [1.807, 2.05) is 0 Å². The highest BCUT2D eigenvalue weighted by atomic mass is 16.4. The largest absolute Gasteiger partial charge is 0.474 e. The van der Waals surface area contributed by atoms with Gasteiger partial charge in [0, 0.05) is 13.6 Å². The molecule has 0 aliphatic carbocycles. The van der Waals surface area contributed by atoms with Gasteiger partial charge in [-0.05, 0) is 12.8 Å². The highest BCUT2D eigenvalue weighted by Gasteiger charge is 2.15. The summed E-state index contributed by atoms with van der Waals surface area (Å²) in [6, 6.07) is 0. The minimum atomic E-state index is -1.41. The van der Waals surface area contributed by atoms with Crippen molar-refractivity contribution < 1.29 is 14.7 Å². The second kappa shape index (κ2) is 5.35. The van der Waals surface area contributed by atoms with E-state index >= 15 is 0 Å². The monoisotopic (exact) mass is 171 g/mol. The van der Waals surface area contributed by atoms with Gasteiger partial charge in [0.2, 0.25) is 0 Å². The third-order valence-electron chi connectivity index (χ3n) is 1.43. The number of carboxylic acid groups (broad SMARTS) is 1. The molecule has 0 aromatic carbocycles. The predicted octanol–water partition coefficient (Wildman–Crippen LogP) is 0.496. The fourth-order valence-corrected chi connectivity index (χ4v) is 0.738. The Balaban J connectivity index is 3.71. The number of likely N-dealkylation sites (N-methyl/N-ethyl adjacent to an activating group) is 1. The molecule has 68 valence electrons. The molecule has 4 nitrogen and oxygen atoms in total. The van der Waals surface area contributed by atoms with Gasteiger partial charge in [0.05, 0.1) is 0 Å². The van der Waals surface area contributed by atoms with Crippen LogP contribution in [0.1, 0.15) is 12.8 Å². The van der Waals surface area contributed by atoms with Crippen LogP contribution in [0.4, 0.5) is 0 Å². The van der Waals surface area contributed by atoms with Crippen LogP contribution in [0.5, 0.6) is 0 Å². The summed E-state index contributed by atoms with van der Waals surface area (Å²) in [5.41, 5.74) is 0. The summed E-state index contributed by atoms with van der Waals surface area (Å²) in [5.74, 6) is -2.27. The molecule has 1 amide bonds. The van der Waals surface area contributed by atoms with Crippen molar-refractivity contribution in [3.05, 3.63) is 12.7 Å². The van der Waals surface area contributed by atoms with E-state index in [0.717, 1.165) is 12.8 Å². The molecule has 0 unspecified atom stereocenters. The number of rotatable bonds is 4. The zero-order valence-corrected chi connectivity index (χ0v) is 7.12. The summed E-state index contributed by atoms with van der Waals surface area (Å²) in [6.07, 6.45) is 3.27. The summed E-state index contributed by atoms with van der Waals surface area (Å²) in [7, 11) is 1.47. The number of allylic oxidation sites excluding steroid dienone is 1. The second-order valence-corrected chi connectivity index (χ2v) is 2.46. The molecule has 4 heteroatoms. The maximum atomic E-state index is 10.7. The lowest BCUT2D eigenvalue weighted by molar-refractivity contribution is -0.155. The Labute approximate surface area is 71.5 Å². The molecule has 0 saturated heterocycles. The molecule has 0 aliphatic rings. The minimum absolute atomic E-state index is 0.456. The molecule has 0 atom stereocenters. The van der Waals surface area contributed by atoms with Crippen LogP contribution in [-0.4, -0.2) is 35.5 Å². The zero-order chi connectivity index (χ0) is 9.56. The van der Waals surface area contributed by atoms with Crippen LogP contribution in [0.15, 0.2) is 12.7 Å². The van der Waals surface area contributed by atoms with Crippen molar-refractivity contribution in [2.24, 2.45) is 0 Å². The van der Waals surface area contributed by atoms with Crippen molar-refractivity contribution in [1.82, 2.24) is 4.90 Å². The first-order valence-corrected chi connectivity index (χ1v) is 3.69.